The van der Waals surface area contributed by atoms with Gasteiger partial charge in [0.2, 0.25) is 0 Å². The molecule has 0 saturated heterocycles. The number of nitriles is 1. The Bertz CT molecular complexity index is 629. The molecule has 2 nitrogen and oxygen atoms in total. The Morgan fingerprint density at radius 3 is 2.63 bits per heavy atom. The molecule has 0 N–H and O–H groups in total. The maximum absolute atomic E-state index is 13.7. The van der Waals surface area contributed by atoms with Crippen molar-refractivity contribution in [2.45, 2.75) is 13.5 Å². The first-order valence-electron chi connectivity index (χ1n) is 6.07. The summed E-state index contributed by atoms with van der Waals surface area (Å²) in [4.78, 5) is 1.98. The molecule has 2 rings (SSSR count). The van der Waals surface area contributed by atoms with Crippen LogP contribution in [0.3, 0.4) is 0 Å². The van der Waals surface area contributed by atoms with Crippen molar-refractivity contribution >= 4 is 5.69 Å². The van der Waals surface area contributed by atoms with Crippen LogP contribution in [0.1, 0.15) is 16.7 Å². The fraction of sp³-hybridized carbons (Fsp3) is 0.188. The van der Waals surface area contributed by atoms with Gasteiger partial charge in [0.05, 0.1) is 11.6 Å². The van der Waals surface area contributed by atoms with E-state index in [0.717, 1.165) is 11.3 Å². The van der Waals surface area contributed by atoms with Crippen molar-refractivity contribution in [3.8, 4) is 6.07 Å². The molecule has 0 radical (unpaired) electrons. The lowest BCUT2D eigenvalue weighted by atomic mass is 10.1. The van der Waals surface area contributed by atoms with E-state index in [2.05, 4.69) is 0 Å². The minimum absolute atomic E-state index is 0.278. The van der Waals surface area contributed by atoms with Crippen molar-refractivity contribution in [1.82, 2.24) is 0 Å². The lowest BCUT2D eigenvalue weighted by Crippen LogP contribution is -2.18. The maximum atomic E-state index is 13.7. The van der Waals surface area contributed by atoms with Gasteiger partial charge in [0.25, 0.3) is 0 Å². The quantitative estimate of drug-likeness (QED) is 0.836. The SMILES string of the molecule is Cc1ccccc1N(C)Cc1cc(C#N)ccc1F. The van der Waals surface area contributed by atoms with Crippen molar-refractivity contribution < 1.29 is 4.39 Å². The van der Waals surface area contributed by atoms with E-state index in [-0.39, 0.29) is 5.82 Å². The first-order valence-corrected chi connectivity index (χ1v) is 6.07. The number of hydrogen-bond acceptors (Lipinski definition) is 2. The van der Waals surface area contributed by atoms with Gasteiger partial charge in [0.1, 0.15) is 5.82 Å². The predicted molar refractivity (Wildman–Crippen MR) is 74.4 cm³/mol. The van der Waals surface area contributed by atoms with Crippen LogP contribution in [-0.2, 0) is 6.54 Å². The number of nitrogens with zero attached hydrogens (tertiary/aromatic N) is 2. The number of anilines is 1. The van der Waals surface area contributed by atoms with Gasteiger partial charge in [-0.2, -0.15) is 5.26 Å². The Labute approximate surface area is 112 Å². The number of para-hydroxylation sites is 1. The normalized spacial score (nSPS) is 10.0. The Balaban J connectivity index is 2.27. The lowest BCUT2D eigenvalue weighted by molar-refractivity contribution is 0.607. The second-order valence-electron chi connectivity index (χ2n) is 4.56. The molecule has 0 heterocycles. The molecule has 19 heavy (non-hydrogen) atoms. The van der Waals surface area contributed by atoms with Crippen LogP contribution in [-0.4, -0.2) is 7.05 Å². The zero-order chi connectivity index (χ0) is 13.8. The van der Waals surface area contributed by atoms with Crippen LogP contribution in [0.5, 0.6) is 0 Å². The van der Waals surface area contributed by atoms with Crippen LogP contribution in [0.15, 0.2) is 42.5 Å². The summed E-state index contributed by atoms with van der Waals surface area (Å²) in [6.07, 6.45) is 0. The van der Waals surface area contributed by atoms with Gasteiger partial charge in [-0.3, -0.25) is 0 Å². The molecule has 0 amide bonds. The van der Waals surface area contributed by atoms with E-state index >= 15 is 0 Å². The number of halogens is 1. The number of hydrogen-bond donors (Lipinski definition) is 0. The summed E-state index contributed by atoms with van der Waals surface area (Å²) in [5.41, 5.74) is 3.21. The lowest BCUT2D eigenvalue weighted by Gasteiger charge is -2.21. The van der Waals surface area contributed by atoms with Gasteiger partial charge in [-0.15, -0.1) is 0 Å². The third-order valence-electron chi connectivity index (χ3n) is 3.11. The molecule has 3 heteroatoms. The van der Waals surface area contributed by atoms with Crippen molar-refractivity contribution in [3.63, 3.8) is 0 Å². The minimum atomic E-state index is -0.278. The van der Waals surface area contributed by atoms with Crippen LogP contribution in [0, 0.1) is 24.1 Å². The molecular formula is C16H15FN2. The molecule has 0 aliphatic heterocycles. The van der Waals surface area contributed by atoms with E-state index in [1.54, 1.807) is 6.07 Å². The molecule has 0 atom stereocenters. The Morgan fingerprint density at radius 1 is 1.21 bits per heavy atom. The largest absolute Gasteiger partial charge is 0.370 e. The average Bonchev–Trinajstić information content (AvgIpc) is 2.41. The Kier molecular flexibility index (Phi) is 3.82. The Hall–Kier alpha value is -2.34. The molecule has 0 aliphatic rings. The predicted octanol–water partition coefficient (Wildman–Crippen LogP) is 3.64. The highest BCUT2D eigenvalue weighted by atomic mass is 19.1. The maximum Gasteiger partial charge on any atom is 0.128 e. The molecule has 0 fully saturated rings. The zero-order valence-electron chi connectivity index (χ0n) is 11.0. The van der Waals surface area contributed by atoms with Gasteiger partial charge in [0, 0.05) is 24.8 Å². The highest BCUT2D eigenvalue weighted by Crippen LogP contribution is 2.21. The van der Waals surface area contributed by atoms with E-state index in [1.807, 2.05) is 49.2 Å². The molecule has 2 aromatic carbocycles. The van der Waals surface area contributed by atoms with Gasteiger partial charge in [-0.1, -0.05) is 18.2 Å². The zero-order valence-corrected chi connectivity index (χ0v) is 11.0. The molecule has 0 saturated carbocycles. The average molecular weight is 254 g/mol. The third-order valence-corrected chi connectivity index (χ3v) is 3.11. The highest BCUT2D eigenvalue weighted by molar-refractivity contribution is 5.52. The summed E-state index contributed by atoms with van der Waals surface area (Å²) >= 11 is 0. The van der Waals surface area contributed by atoms with Gasteiger partial charge >= 0.3 is 0 Å². The van der Waals surface area contributed by atoms with E-state index in [0.29, 0.717) is 17.7 Å². The van der Waals surface area contributed by atoms with Crippen molar-refractivity contribution in [2.75, 3.05) is 11.9 Å². The van der Waals surface area contributed by atoms with Gasteiger partial charge < -0.3 is 4.90 Å². The second kappa shape index (κ2) is 5.53. The van der Waals surface area contributed by atoms with Crippen LogP contribution in [0.2, 0.25) is 0 Å². The van der Waals surface area contributed by atoms with E-state index in [4.69, 9.17) is 5.26 Å². The first-order chi connectivity index (χ1) is 9.11. The smallest absolute Gasteiger partial charge is 0.128 e. The number of rotatable bonds is 3. The highest BCUT2D eigenvalue weighted by Gasteiger charge is 2.09. The van der Waals surface area contributed by atoms with Gasteiger partial charge in [-0.25, -0.2) is 4.39 Å². The monoisotopic (exact) mass is 254 g/mol. The molecule has 0 unspecified atom stereocenters. The molecule has 0 spiro atoms. The summed E-state index contributed by atoms with van der Waals surface area (Å²) in [6, 6.07) is 14.4. The summed E-state index contributed by atoms with van der Waals surface area (Å²) in [5.74, 6) is -0.278. The molecule has 0 aliphatic carbocycles. The molecule has 0 aromatic heterocycles. The second-order valence-corrected chi connectivity index (χ2v) is 4.56. The van der Waals surface area contributed by atoms with E-state index < -0.39 is 0 Å². The van der Waals surface area contributed by atoms with Crippen molar-refractivity contribution in [2.24, 2.45) is 0 Å². The molecular weight excluding hydrogens is 239 g/mol. The number of benzene rings is 2. The summed E-state index contributed by atoms with van der Waals surface area (Å²) < 4.78 is 13.7. The van der Waals surface area contributed by atoms with Crippen molar-refractivity contribution in [3.05, 3.63) is 65.0 Å². The van der Waals surface area contributed by atoms with Crippen LogP contribution in [0.25, 0.3) is 0 Å². The van der Waals surface area contributed by atoms with E-state index in [1.165, 1.54) is 12.1 Å². The van der Waals surface area contributed by atoms with Gasteiger partial charge in [0.15, 0.2) is 0 Å². The molecule has 96 valence electrons. The summed E-state index contributed by atoms with van der Waals surface area (Å²) in [6.45, 7) is 2.46. The summed E-state index contributed by atoms with van der Waals surface area (Å²) in [7, 11) is 1.92. The minimum Gasteiger partial charge on any atom is -0.370 e. The van der Waals surface area contributed by atoms with Gasteiger partial charge in [-0.05, 0) is 36.8 Å². The summed E-state index contributed by atoms with van der Waals surface area (Å²) in [5, 5.41) is 8.86. The van der Waals surface area contributed by atoms with E-state index in [9.17, 15) is 4.39 Å². The Morgan fingerprint density at radius 2 is 1.95 bits per heavy atom. The number of aryl methyl sites for hydroxylation is 1. The van der Waals surface area contributed by atoms with Crippen LogP contribution < -0.4 is 4.90 Å². The molecule has 0 bridgehead atoms. The topological polar surface area (TPSA) is 27.0 Å². The van der Waals surface area contributed by atoms with Crippen LogP contribution in [0.4, 0.5) is 10.1 Å². The first kappa shape index (κ1) is 13.1. The molecule has 2 aromatic rings. The standard InChI is InChI=1S/C16H15FN2/c1-12-5-3-4-6-16(12)19(2)11-14-9-13(10-18)7-8-15(14)17/h3-9H,11H2,1-2H3. The van der Waals surface area contributed by atoms with Crippen LogP contribution >= 0.6 is 0 Å². The van der Waals surface area contributed by atoms with Crippen molar-refractivity contribution in [1.29, 1.82) is 5.26 Å². The fourth-order valence-corrected chi connectivity index (χ4v) is 2.10. The fourth-order valence-electron chi connectivity index (χ4n) is 2.10. The third kappa shape index (κ3) is 2.92.